The van der Waals surface area contributed by atoms with Crippen molar-refractivity contribution in [2.75, 3.05) is 5.73 Å². The number of hydrogen-bond donors (Lipinski definition) is 1. The zero-order valence-electron chi connectivity index (χ0n) is 11.5. The number of benzene rings is 2. The van der Waals surface area contributed by atoms with E-state index in [0.717, 1.165) is 10.0 Å². The van der Waals surface area contributed by atoms with Crippen LogP contribution in [0.5, 0.6) is 0 Å². The molecule has 0 radical (unpaired) electrons. The summed E-state index contributed by atoms with van der Waals surface area (Å²) in [6.07, 6.45) is 0.649. The lowest BCUT2D eigenvalue weighted by atomic mass is 10.1. The van der Waals surface area contributed by atoms with E-state index in [1.54, 1.807) is 0 Å². The van der Waals surface area contributed by atoms with Gasteiger partial charge >= 0.3 is 0 Å². The van der Waals surface area contributed by atoms with E-state index in [1.165, 1.54) is 11.1 Å². The molecule has 1 heterocycles. The van der Waals surface area contributed by atoms with Gasteiger partial charge in [-0.3, -0.25) is 0 Å². The minimum absolute atomic E-state index is 0.470. The van der Waals surface area contributed by atoms with Gasteiger partial charge in [-0.1, -0.05) is 29.4 Å². The van der Waals surface area contributed by atoms with Crippen LogP contribution < -0.4 is 5.73 Å². The Morgan fingerprint density at radius 1 is 1.19 bits per heavy atom. The van der Waals surface area contributed by atoms with Gasteiger partial charge in [-0.05, 0) is 52.2 Å². The number of halogens is 1. The van der Waals surface area contributed by atoms with Crippen LogP contribution in [-0.4, -0.2) is 10.1 Å². The fourth-order valence-electron chi connectivity index (χ4n) is 2.12. The van der Waals surface area contributed by atoms with E-state index in [9.17, 15) is 0 Å². The van der Waals surface area contributed by atoms with Crippen molar-refractivity contribution in [1.29, 1.82) is 0 Å². The van der Waals surface area contributed by atoms with Crippen LogP contribution in [0.1, 0.15) is 17.0 Å². The molecular weight excluding hydrogens is 330 g/mol. The van der Waals surface area contributed by atoms with Crippen molar-refractivity contribution in [2.24, 2.45) is 0 Å². The predicted molar refractivity (Wildman–Crippen MR) is 85.8 cm³/mol. The van der Waals surface area contributed by atoms with Gasteiger partial charge < -0.3 is 10.3 Å². The molecule has 0 bridgehead atoms. The van der Waals surface area contributed by atoms with Gasteiger partial charge in [-0.15, -0.1) is 0 Å². The largest absolute Gasteiger partial charge is 0.399 e. The topological polar surface area (TPSA) is 64.9 Å². The van der Waals surface area contributed by atoms with Crippen LogP contribution >= 0.6 is 15.9 Å². The Labute approximate surface area is 131 Å². The summed E-state index contributed by atoms with van der Waals surface area (Å²) in [6.45, 7) is 2.07. The van der Waals surface area contributed by atoms with Crippen LogP contribution in [0.2, 0.25) is 0 Å². The maximum absolute atomic E-state index is 5.80. The summed E-state index contributed by atoms with van der Waals surface area (Å²) < 4.78 is 6.23. The van der Waals surface area contributed by atoms with Crippen molar-refractivity contribution in [1.82, 2.24) is 10.1 Å². The van der Waals surface area contributed by atoms with E-state index in [0.29, 0.717) is 23.8 Å². The minimum atomic E-state index is 0.470. The standard InChI is InChI=1S/C16H14BrN3O/c1-10-4-2-3-5-11(10)8-15-19-16(21-20-15)13-9-12(18)6-7-14(13)17/h2-7,9H,8,18H2,1H3. The van der Waals surface area contributed by atoms with E-state index >= 15 is 0 Å². The second kappa shape index (κ2) is 5.69. The first-order chi connectivity index (χ1) is 10.1. The number of aromatic nitrogens is 2. The quantitative estimate of drug-likeness (QED) is 0.730. The van der Waals surface area contributed by atoms with Crippen molar-refractivity contribution in [3.8, 4) is 11.5 Å². The Bertz CT molecular complexity index is 783. The molecule has 1 aromatic heterocycles. The second-order valence-electron chi connectivity index (χ2n) is 4.86. The van der Waals surface area contributed by atoms with Gasteiger partial charge in [0.05, 0.1) is 5.56 Å². The molecule has 2 aromatic carbocycles. The molecular formula is C16H14BrN3O. The van der Waals surface area contributed by atoms with Crippen molar-refractivity contribution < 1.29 is 4.52 Å². The predicted octanol–water partition coefficient (Wildman–Crippen LogP) is 3.98. The van der Waals surface area contributed by atoms with Gasteiger partial charge in [0, 0.05) is 16.6 Å². The van der Waals surface area contributed by atoms with Crippen LogP contribution in [0.25, 0.3) is 11.5 Å². The lowest BCUT2D eigenvalue weighted by Crippen LogP contribution is -1.93. The molecule has 2 N–H and O–H groups in total. The number of rotatable bonds is 3. The molecule has 0 amide bonds. The Morgan fingerprint density at radius 3 is 2.81 bits per heavy atom. The van der Waals surface area contributed by atoms with E-state index < -0.39 is 0 Å². The van der Waals surface area contributed by atoms with Crippen LogP contribution in [0, 0.1) is 6.92 Å². The third-order valence-electron chi connectivity index (χ3n) is 3.30. The summed E-state index contributed by atoms with van der Waals surface area (Å²) in [5.74, 6) is 1.13. The van der Waals surface area contributed by atoms with Crippen LogP contribution in [0.3, 0.4) is 0 Å². The molecule has 0 unspecified atom stereocenters. The van der Waals surface area contributed by atoms with E-state index in [-0.39, 0.29) is 0 Å². The lowest BCUT2D eigenvalue weighted by Gasteiger charge is -2.01. The molecule has 0 fully saturated rings. The Hall–Kier alpha value is -2.14. The second-order valence-corrected chi connectivity index (χ2v) is 5.71. The summed E-state index contributed by atoms with van der Waals surface area (Å²) >= 11 is 3.47. The Morgan fingerprint density at radius 2 is 2.00 bits per heavy atom. The van der Waals surface area contributed by atoms with Crippen LogP contribution in [-0.2, 0) is 6.42 Å². The molecule has 0 saturated heterocycles. The van der Waals surface area contributed by atoms with Crippen molar-refractivity contribution in [3.05, 3.63) is 63.9 Å². The van der Waals surface area contributed by atoms with E-state index in [4.69, 9.17) is 10.3 Å². The molecule has 21 heavy (non-hydrogen) atoms. The van der Waals surface area contributed by atoms with Gasteiger partial charge in [-0.25, -0.2) is 0 Å². The van der Waals surface area contributed by atoms with Gasteiger partial charge in [-0.2, -0.15) is 4.98 Å². The maximum Gasteiger partial charge on any atom is 0.259 e. The van der Waals surface area contributed by atoms with Crippen molar-refractivity contribution in [2.45, 2.75) is 13.3 Å². The third kappa shape index (κ3) is 2.97. The molecule has 106 valence electrons. The van der Waals surface area contributed by atoms with Crippen molar-refractivity contribution in [3.63, 3.8) is 0 Å². The highest BCUT2D eigenvalue weighted by Crippen LogP contribution is 2.29. The normalized spacial score (nSPS) is 10.8. The van der Waals surface area contributed by atoms with Gasteiger partial charge in [0.2, 0.25) is 0 Å². The van der Waals surface area contributed by atoms with Crippen LogP contribution in [0.15, 0.2) is 51.5 Å². The number of aryl methyl sites for hydroxylation is 1. The smallest absolute Gasteiger partial charge is 0.259 e. The zero-order chi connectivity index (χ0) is 14.8. The number of hydrogen-bond acceptors (Lipinski definition) is 4. The molecule has 0 spiro atoms. The first-order valence-corrected chi connectivity index (χ1v) is 7.35. The van der Waals surface area contributed by atoms with E-state index in [2.05, 4.69) is 45.1 Å². The molecule has 4 nitrogen and oxygen atoms in total. The van der Waals surface area contributed by atoms with Gasteiger partial charge in [0.25, 0.3) is 5.89 Å². The summed E-state index contributed by atoms with van der Waals surface area (Å²) in [5.41, 5.74) is 9.68. The zero-order valence-corrected chi connectivity index (χ0v) is 13.1. The highest BCUT2D eigenvalue weighted by atomic mass is 79.9. The van der Waals surface area contributed by atoms with Crippen molar-refractivity contribution >= 4 is 21.6 Å². The molecule has 3 aromatic rings. The highest BCUT2D eigenvalue weighted by molar-refractivity contribution is 9.10. The fourth-order valence-corrected chi connectivity index (χ4v) is 2.54. The SMILES string of the molecule is Cc1ccccc1Cc1noc(-c2cc(N)ccc2Br)n1. The Kier molecular flexibility index (Phi) is 3.75. The first kappa shape index (κ1) is 13.8. The monoisotopic (exact) mass is 343 g/mol. The molecule has 3 rings (SSSR count). The molecule has 0 atom stereocenters. The van der Waals surface area contributed by atoms with E-state index in [1.807, 2.05) is 30.3 Å². The first-order valence-electron chi connectivity index (χ1n) is 6.56. The molecule has 0 aliphatic heterocycles. The third-order valence-corrected chi connectivity index (χ3v) is 3.99. The fraction of sp³-hybridized carbons (Fsp3) is 0.125. The van der Waals surface area contributed by atoms with Gasteiger partial charge in [0.15, 0.2) is 5.82 Å². The Balaban J connectivity index is 1.90. The average molecular weight is 344 g/mol. The number of nitrogen functional groups attached to an aromatic ring is 1. The highest BCUT2D eigenvalue weighted by Gasteiger charge is 2.13. The summed E-state index contributed by atoms with van der Waals surface area (Å²) in [7, 11) is 0. The molecule has 0 aliphatic carbocycles. The molecule has 0 aliphatic rings. The molecule has 5 heteroatoms. The summed E-state index contributed by atoms with van der Waals surface area (Å²) in [5, 5.41) is 4.05. The lowest BCUT2D eigenvalue weighted by molar-refractivity contribution is 0.423. The van der Waals surface area contributed by atoms with Gasteiger partial charge in [0.1, 0.15) is 0 Å². The summed E-state index contributed by atoms with van der Waals surface area (Å²) in [4.78, 5) is 4.46. The van der Waals surface area contributed by atoms with Crippen LogP contribution in [0.4, 0.5) is 5.69 Å². The number of nitrogens with two attached hydrogens (primary N) is 1. The average Bonchev–Trinajstić information content (AvgIpc) is 2.92. The molecule has 0 saturated carbocycles. The minimum Gasteiger partial charge on any atom is -0.399 e. The summed E-state index contributed by atoms with van der Waals surface area (Å²) in [6, 6.07) is 13.7. The maximum atomic E-state index is 5.80. The number of nitrogens with zero attached hydrogens (tertiary/aromatic N) is 2. The number of anilines is 1.